The highest BCUT2D eigenvalue weighted by Gasteiger charge is 2.20. The van der Waals surface area contributed by atoms with E-state index in [1.165, 1.54) is 18.4 Å². The smallest absolute Gasteiger partial charge is 0.263 e. The van der Waals surface area contributed by atoms with Gasteiger partial charge in [0.05, 0.1) is 12.8 Å². The first-order valence-corrected chi connectivity index (χ1v) is 7.97. The summed E-state index contributed by atoms with van der Waals surface area (Å²) in [6.07, 6.45) is 0. The average molecular weight is 297 g/mol. The third kappa shape index (κ3) is 2.90. The molecule has 0 fully saturated rings. The predicted molar refractivity (Wildman–Crippen MR) is 77.6 cm³/mol. The lowest BCUT2D eigenvalue weighted by atomic mass is 10.3. The van der Waals surface area contributed by atoms with Crippen molar-refractivity contribution in [2.45, 2.75) is 18.7 Å². The first-order valence-electron chi connectivity index (χ1n) is 5.67. The van der Waals surface area contributed by atoms with E-state index in [9.17, 15) is 8.42 Å². The number of ether oxygens (including phenoxy) is 1. The van der Waals surface area contributed by atoms with Crippen LogP contribution in [0.5, 0.6) is 5.75 Å². The number of benzene rings is 1. The molecule has 4 nitrogen and oxygen atoms in total. The van der Waals surface area contributed by atoms with Crippen LogP contribution in [0.3, 0.4) is 0 Å². The minimum absolute atomic E-state index is 0.320. The number of nitrogens with one attached hydrogen (secondary N) is 1. The second kappa shape index (κ2) is 5.22. The van der Waals surface area contributed by atoms with Crippen LogP contribution in [0.4, 0.5) is 5.69 Å². The van der Waals surface area contributed by atoms with Crippen molar-refractivity contribution in [3.63, 3.8) is 0 Å². The number of methoxy groups -OCH3 is 1. The molecule has 1 aromatic carbocycles. The molecule has 6 heteroatoms. The van der Waals surface area contributed by atoms with Gasteiger partial charge in [-0.05, 0) is 32.0 Å². The second-order valence-corrected chi connectivity index (χ2v) is 7.19. The van der Waals surface area contributed by atoms with E-state index in [1.54, 1.807) is 37.3 Å². The number of hydrogen-bond donors (Lipinski definition) is 1. The molecule has 2 aromatic rings. The Kier molecular flexibility index (Phi) is 3.82. The van der Waals surface area contributed by atoms with E-state index in [4.69, 9.17) is 4.74 Å². The van der Waals surface area contributed by atoms with E-state index in [1.807, 2.05) is 6.92 Å². The Morgan fingerprint density at radius 1 is 1.21 bits per heavy atom. The summed E-state index contributed by atoms with van der Waals surface area (Å²) in [6.45, 7) is 3.69. The Balaban J connectivity index is 2.39. The fourth-order valence-corrected chi connectivity index (χ4v) is 4.43. The van der Waals surface area contributed by atoms with Crippen LogP contribution in [-0.4, -0.2) is 15.5 Å². The molecular weight excluding hydrogens is 282 g/mol. The number of aryl methyl sites for hydroxylation is 2. The Bertz CT molecular complexity index is 690. The van der Waals surface area contributed by atoms with Crippen molar-refractivity contribution in [3.05, 3.63) is 40.1 Å². The highest BCUT2D eigenvalue weighted by Crippen LogP contribution is 2.30. The molecule has 0 unspecified atom stereocenters. The SMILES string of the molecule is COc1ccccc1NS(=O)(=O)c1cc(C)sc1C. The van der Waals surface area contributed by atoms with Gasteiger partial charge in [-0.2, -0.15) is 0 Å². The molecule has 1 aromatic heterocycles. The largest absolute Gasteiger partial charge is 0.495 e. The van der Waals surface area contributed by atoms with E-state index >= 15 is 0 Å². The maximum Gasteiger partial charge on any atom is 0.263 e. The van der Waals surface area contributed by atoms with Gasteiger partial charge in [0.1, 0.15) is 10.6 Å². The summed E-state index contributed by atoms with van der Waals surface area (Å²) in [6, 6.07) is 8.61. The van der Waals surface area contributed by atoms with Crippen LogP contribution in [0.2, 0.25) is 0 Å². The van der Waals surface area contributed by atoms with E-state index < -0.39 is 10.0 Å². The molecule has 0 amide bonds. The Morgan fingerprint density at radius 3 is 2.47 bits per heavy atom. The molecule has 19 heavy (non-hydrogen) atoms. The minimum Gasteiger partial charge on any atom is -0.495 e. The van der Waals surface area contributed by atoms with Crippen molar-refractivity contribution >= 4 is 27.0 Å². The van der Waals surface area contributed by atoms with Crippen molar-refractivity contribution in [1.29, 1.82) is 0 Å². The highest BCUT2D eigenvalue weighted by molar-refractivity contribution is 7.93. The van der Waals surface area contributed by atoms with Crippen molar-refractivity contribution in [3.8, 4) is 5.75 Å². The lowest BCUT2D eigenvalue weighted by Crippen LogP contribution is -2.13. The molecule has 0 saturated heterocycles. The third-order valence-corrected chi connectivity index (χ3v) is 5.22. The maximum absolute atomic E-state index is 12.3. The maximum atomic E-state index is 12.3. The van der Waals surface area contributed by atoms with Crippen LogP contribution in [0.15, 0.2) is 35.2 Å². The molecule has 0 spiro atoms. The number of sulfonamides is 1. The molecule has 0 aliphatic heterocycles. The Morgan fingerprint density at radius 2 is 1.89 bits per heavy atom. The Hall–Kier alpha value is -1.53. The van der Waals surface area contributed by atoms with Crippen LogP contribution < -0.4 is 9.46 Å². The van der Waals surface area contributed by atoms with Gasteiger partial charge < -0.3 is 4.74 Å². The van der Waals surface area contributed by atoms with Crippen molar-refractivity contribution in [1.82, 2.24) is 0 Å². The van der Waals surface area contributed by atoms with Gasteiger partial charge in [0, 0.05) is 9.75 Å². The van der Waals surface area contributed by atoms with Crippen LogP contribution in [0.25, 0.3) is 0 Å². The quantitative estimate of drug-likeness (QED) is 0.943. The van der Waals surface area contributed by atoms with Gasteiger partial charge in [-0.3, -0.25) is 4.72 Å². The monoisotopic (exact) mass is 297 g/mol. The van der Waals surface area contributed by atoms with Crippen LogP contribution in [0, 0.1) is 13.8 Å². The molecule has 0 bridgehead atoms. The van der Waals surface area contributed by atoms with Crippen molar-refractivity contribution < 1.29 is 13.2 Å². The molecule has 1 N–H and O–H groups in total. The molecule has 102 valence electrons. The zero-order valence-electron chi connectivity index (χ0n) is 10.9. The van der Waals surface area contributed by atoms with Crippen LogP contribution in [0.1, 0.15) is 9.75 Å². The van der Waals surface area contributed by atoms with E-state index in [0.29, 0.717) is 16.3 Å². The first kappa shape index (κ1) is 13.9. The van der Waals surface area contributed by atoms with E-state index in [-0.39, 0.29) is 0 Å². The minimum atomic E-state index is -3.58. The third-order valence-electron chi connectivity index (χ3n) is 2.64. The molecule has 0 radical (unpaired) electrons. The van der Waals surface area contributed by atoms with Crippen LogP contribution >= 0.6 is 11.3 Å². The summed E-state index contributed by atoms with van der Waals surface area (Å²) in [5, 5.41) is 0. The van der Waals surface area contributed by atoms with Gasteiger partial charge in [-0.15, -0.1) is 11.3 Å². The van der Waals surface area contributed by atoms with Gasteiger partial charge in [0.2, 0.25) is 0 Å². The molecule has 0 saturated carbocycles. The molecule has 0 aliphatic carbocycles. The zero-order chi connectivity index (χ0) is 14.0. The van der Waals surface area contributed by atoms with Gasteiger partial charge in [-0.25, -0.2) is 8.42 Å². The van der Waals surface area contributed by atoms with Gasteiger partial charge in [0.25, 0.3) is 10.0 Å². The highest BCUT2D eigenvalue weighted by atomic mass is 32.2. The van der Waals surface area contributed by atoms with E-state index in [0.717, 1.165) is 9.75 Å². The van der Waals surface area contributed by atoms with Gasteiger partial charge in [-0.1, -0.05) is 12.1 Å². The molecule has 1 heterocycles. The zero-order valence-corrected chi connectivity index (χ0v) is 12.6. The molecule has 0 aliphatic rings. The number of hydrogen-bond acceptors (Lipinski definition) is 4. The summed E-state index contributed by atoms with van der Waals surface area (Å²) < 4.78 is 32.4. The molecule has 2 rings (SSSR count). The summed E-state index contributed by atoms with van der Waals surface area (Å²) in [4.78, 5) is 2.07. The standard InChI is InChI=1S/C13H15NO3S2/c1-9-8-13(10(2)18-9)19(15,16)14-11-6-4-5-7-12(11)17-3/h4-8,14H,1-3H3. The normalized spacial score (nSPS) is 11.3. The lowest BCUT2D eigenvalue weighted by molar-refractivity contribution is 0.417. The number of thiophene rings is 1. The summed E-state index contributed by atoms with van der Waals surface area (Å²) in [5.74, 6) is 0.496. The average Bonchev–Trinajstić information content (AvgIpc) is 2.69. The van der Waals surface area contributed by atoms with Gasteiger partial charge in [0.15, 0.2) is 0 Å². The molecular formula is C13H15NO3S2. The lowest BCUT2D eigenvalue weighted by Gasteiger charge is -2.11. The summed E-state index contributed by atoms with van der Waals surface area (Å²) >= 11 is 1.47. The fraction of sp³-hybridized carbons (Fsp3) is 0.231. The predicted octanol–water partition coefficient (Wildman–Crippen LogP) is 3.17. The summed E-state index contributed by atoms with van der Waals surface area (Å²) in [5.41, 5.74) is 0.438. The van der Waals surface area contributed by atoms with Gasteiger partial charge >= 0.3 is 0 Å². The topological polar surface area (TPSA) is 55.4 Å². The van der Waals surface area contributed by atoms with E-state index in [2.05, 4.69) is 4.72 Å². The Labute approximate surface area is 117 Å². The van der Waals surface area contributed by atoms with Crippen molar-refractivity contribution in [2.75, 3.05) is 11.8 Å². The van der Waals surface area contributed by atoms with Crippen molar-refractivity contribution in [2.24, 2.45) is 0 Å². The number of rotatable bonds is 4. The number of anilines is 1. The molecule has 0 atom stereocenters. The fourth-order valence-electron chi connectivity index (χ4n) is 1.80. The first-order chi connectivity index (χ1) is 8.94. The number of para-hydroxylation sites is 2. The van der Waals surface area contributed by atoms with Crippen LogP contribution in [-0.2, 0) is 10.0 Å². The summed E-state index contributed by atoms with van der Waals surface area (Å²) in [7, 11) is -2.07. The second-order valence-electron chi connectivity index (χ2n) is 4.08.